The Bertz CT molecular complexity index is 2190. The standard InChI is InChI=1S/C46H62N8O11/c1-5-6-7-8-11-27-13-16-29(17-14-27)44(62)53(3)35(25-55)41(59)52-39(48)43(61)50-33(12-9-10-21-47)45(63)54(4)38-30-18-20-37(57)32(24-30)31-22-28(15-19-36(31)56)23-34(46(64)65)51-40(58)26(2)49-42(38)60/h13-20,22,24,26,33-35,38-39,55-57H,5-12,21,23,25,47-48H2,1-4H3,(H,49,60)(H,50,61)(H,51,58)(H,52,59)(H,64,65)/t26-,33-,34?,35+,38-,39-/m0/s1. The summed E-state index contributed by atoms with van der Waals surface area (Å²) in [5.74, 6) is -7.07. The van der Waals surface area contributed by atoms with Gasteiger partial charge in [-0.3, -0.25) is 28.8 Å². The average Bonchev–Trinajstić information content (AvgIpc) is 3.27. The zero-order valence-electron chi connectivity index (χ0n) is 37.2. The summed E-state index contributed by atoms with van der Waals surface area (Å²) in [6, 6.07) is 8.01. The van der Waals surface area contributed by atoms with E-state index >= 15 is 0 Å². The first-order valence-electron chi connectivity index (χ1n) is 21.7. The van der Waals surface area contributed by atoms with Crippen LogP contribution in [0.4, 0.5) is 0 Å². The number of aliphatic carboxylic acids is 1. The molecule has 65 heavy (non-hydrogen) atoms. The molecule has 0 saturated carbocycles. The molecule has 0 aliphatic carbocycles. The van der Waals surface area contributed by atoms with Gasteiger partial charge in [-0.1, -0.05) is 50.5 Å². The number of rotatable bonds is 19. The van der Waals surface area contributed by atoms with Gasteiger partial charge in [0.05, 0.1) is 6.61 Å². The number of phenolic OH excluding ortho intramolecular Hbond substituents is 2. The van der Waals surface area contributed by atoms with Gasteiger partial charge >= 0.3 is 5.97 Å². The molecule has 1 heterocycles. The number of likely N-dealkylation sites (N-methyl/N-ethyl adjacent to an activating group) is 2. The normalized spacial score (nSPS) is 17.6. The Labute approximate surface area is 377 Å². The van der Waals surface area contributed by atoms with Crippen LogP contribution in [0.3, 0.4) is 0 Å². The number of nitrogens with one attached hydrogen (secondary N) is 4. The van der Waals surface area contributed by atoms with E-state index in [2.05, 4.69) is 28.2 Å². The Morgan fingerprint density at radius 2 is 1.49 bits per heavy atom. The van der Waals surface area contributed by atoms with Crippen molar-refractivity contribution in [1.29, 1.82) is 0 Å². The number of nitrogens with zero attached hydrogens (tertiary/aromatic N) is 2. The minimum Gasteiger partial charge on any atom is -0.507 e. The van der Waals surface area contributed by atoms with Crippen LogP contribution < -0.4 is 32.7 Å². The van der Waals surface area contributed by atoms with Crippen molar-refractivity contribution >= 4 is 41.4 Å². The summed E-state index contributed by atoms with van der Waals surface area (Å²) < 4.78 is 0. The monoisotopic (exact) mass is 902 g/mol. The van der Waals surface area contributed by atoms with Gasteiger partial charge in [0.15, 0.2) is 6.17 Å². The third kappa shape index (κ3) is 13.5. The molecule has 0 radical (unpaired) electrons. The lowest BCUT2D eigenvalue weighted by molar-refractivity contribution is -0.144. The van der Waals surface area contributed by atoms with E-state index in [1.54, 1.807) is 12.1 Å². The van der Waals surface area contributed by atoms with Crippen LogP contribution in [0.5, 0.6) is 11.5 Å². The Kier molecular flexibility index (Phi) is 18.8. The fourth-order valence-corrected chi connectivity index (χ4v) is 7.50. The molecule has 3 aromatic rings. The summed E-state index contributed by atoms with van der Waals surface area (Å²) in [5, 5.41) is 51.7. The molecule has 1 aliphatic heterocycles. The second-order valence-electron chi connectivity index (χ2n) is 16.3. The average molecular weight is 903 g/mol. The van der Waals surface area contributed by atoms with Gasteiger partial charge in [0.25, 0.3) is 11.8 Å². The number of hydrogen-bond donors (Lipinski definition) is 10. The number of fused-ring (bicyclic) bond motifs is 5. The maximum Gasteiger partial charge on any atom is 0.326 e. The number of phenols is 2. The molecule has 19 nitrogen and oxygen atoms in total. The molecule has 12 N–H and O–H groups in total. The summed E-state index contributed by atoms with van der Waals surface area (Å²) in [7, 11) is 2.60. The van der Waals surface area contributed by atoms with Gasteiger partial charge in [-0.15, -0.1) is 0 Å². The lowest BCUT2D eigenvalue weighted by Gasteiger charge is -2.33. The van der Waals surface area contributed by atoms with E-state index in [0.29, 0.717) is 18.4 Å². The number of unbranched alkanes of at least 4 members (excludes halogenated alkanes) is 4. The first-order chi connectivity index (χ1) is 30.9. The number of nitrogens with two attached hydrogens (primary N) is 2. The number of carbonyl (C=O) groups excluding carboxylic acids is 6. The summed E-state index contributed by atoms with van der Waals surface area (Å²) in [6.07, 6.45) is 3.99. The number of aliphatic hydroxyl groups is 1. The molecular formula is C46H62N8O11. The molecular weight excluding hydrogens is 841 g/mol. The summed E-state index contributed by atoms with van der Waals surface area (Å²) >= 11 is 0. The van der Waals surface area contributed by atoms with E-state index < -0.39 is 84.4 Å². The van der Waals surface area contributed by atoms with E-state index in [-0.39, 0.29) is 53.1 Å². The molecule has 1 aliphatic rings. The van der Waals surface area contributed by atoms with Crippen LogP contribution in [0.15, 0.2) is 60.7 Å². The highest BCUT2D eigenvalue weighted by atomic mass is 16.4. The van der Waals surface area contributed by atoms with Crippen LogP contribution in [-0.2, 0) is 41.6 Å². The fraction of sp³-hybridized carbons (Fsp3) is 0.457. The Balaban J connectivity index is 1.58. The molecule has 1 unspecified atom stereocenters. The van der Waals surface area contributed by atoms with Crippen LogP contribution in [0.2, 0.25) is 0 Å². The van der Waals surface area contributed by atoms with E-state index in [1.807, 2.05) is 12.1 Å². The molecule has 3 aromatic carbocycles. The minimum atomic E-state index is -1.78. The number of amides is 6. The number of carboxylic acids is 1. The van der Waals surface area contributed by atoms with Crippen LogP contribution in [0.25, 0.3) is 11.1 Å². The Morgan fingerprint density at radius 1 is 0.831 bits per heavy atom. The van der Waals surface area contributed by atoms with Gasteiger partial charge in [0.2, 0.25) is 23.6 Å². The highest BCUT2D eigenvalue weighted by Gasteiger charge is 2.37. The first kappa shape index (κ1) is 51.1. The van der Waals surface area contributed by atoms with E-state index in [9.17, 15) is 54.0 Å². The number of aliphatic hydroxyl groups excluding tert-OH is 1. The maximum atomic E-state index is 14.5. The minimum absolute atomic E-state index is 0.00791. The van der Waals surface area contributed by atoms with E-state index in [1.165, 1.54) is 57.4 Å². The van der Waals surface area contributed by atoms with Gasteiger partial charge in [0.1, 0.15) is 41.7 Å². The number of carboxylic acid groups (broad SMARTS) is 1. The molecule has 6 atom stereocenters. The molecule has 4 rings (SSSR count). The lowest BCUT2D eigenvalue weighted by Crippen LogP contribution is -2.61. The number of hydrogen-bond acceptors (Lipinski definition) is 12. The van der Waals surface area contributed by atoms with E-state index in [0.717, 1.165) is 47.5 Å². The molecule has 4 bridgehead atoms. The second kappa shape index (κ2) is 23.9. The number of aromatic hydroxyl groups is 2. The number of benzene rings is 3. The third-order valence-electron chi connectivity index (χ3n) is 11.4. The van der Waals surface area contributed by atoms with Crippen molar-refractivity contribution in [3.05, 3.63) is 82.9 Å². The summed E-state index contributed by atoms with van der Waals surface area (Å²) in [5.41, 5.74) is 13.8. The van der Waals surface area contributed by atoms with Gasteiger partial charge in [-0.2, -0.15) is 0 Å². The van der Waals surface area contributed by atoms with Crippen molar-refractivity contribution in [2.45, 2.75) is 108 Å². The first-order valence-corrected chi connectivity index (χ1v) is 21.7. The van der Waals surface area contributed by atoms with Crippen LogP contribution in [0.1, 0.15) is 91.9 Å². The number of carbonyl (C=O) groups is 7. The summed E-state index contributed by atoms with van der Waals surface area (Å²) in [6.45, 7) is 2.90. The van der Waals surface area contributed by atoms with Crippen LogP contribution >= 0.6 is 0 Å². The lowest BCUT2D eigenvalue weighted by atomic mass is 9.93. The largest absolute Gasteiger partial charge is 0.507 e. The van der Waals surface area contributed by atoms with Gasteiger partial charge in [-0.25, -0.2) is 4.79 Å². The Hall–Kier alpha value is -6.57. The Morgan fingerprint density at radius 3 is 2.12 bits per heavy atom. The van der Waals surface area contributed by atoms with Crippen LogP contribution in [0, 0.1) is 0 Å². The van der Waals surface area contributed by atoms with Gasteiger partial charge in [-0.05, 0) is 98.7 Å². The van der Waals surface area contributed by atoms with E-state index in [4.69, 9.17) is 11.5 Å². The van der Waals surface area contributed by atoms with Crippen LogP contribution in [-0.4, -0.2) is 129 Å². The highest BCUT2D eigenvalue weighted by molar-refractivity contribution is 5.99. The maximum absolute atomic E-state index is 14.5. The zero-order valence-corrected chi connectivity index (χ0v) is 37.2. The fourth-order valence-electron chi connectivity index (χ4n) is 7.50. The molecule has 0 fully saturated rings. The molecule has 0 saturated heterocycles. The highest BCUT2D eigenvalue weighted by Crippen LogP contribution is 2.39. The van der Waals surface area contributed by atoms with Gasteiger partial charge < -0.3 is 63.0 Å². The molecule has 0 aromatic heterocycles. The molecule has 6 amide bonds. The predicted molar refractivity (Wildman–Crippen MR) is 240 cm³/mol. The SMILES string of the molecule is CCCCCCc1ccc(C(=O)N(C)[C@H](CO)C(=O)N[C@H](N)C(=O)N[C@@H](CCCCN)C(=O)N(C)[C@@H]2C(=O)N[C@@H](C)C(=O)NC(C(=O)O)Cc3ccc(O)c(c3)-c3cc2ccc3O)cc1. The van der Waals surface area contributed by atoms with Gasteiger partial charge in [0, 0.05) is 37.2 Å². The predicted octanol–water partition coefficient (Wildman–Crippen LogP) is 1.17. The van der Waals surface area contributed by atoms with Crippen molar-refractivity contribution in [1.82, 2.24) is 31.1 Å². The quantitative estimate of drug-likeness (QED) is 0.0598. The molecule has 352 valence electrons. The van der Waals surface area contributed by atoms with Crippen molar-refractivity contribution in [2.24, 2.45) is 11.5 Å². The van der Waals surface area contributed by atoms with Crippen molar-refractivity contribution in [2.75, 3.05) is 27.2 Å². The second-order valence-corrected chi connectivity index (χ2v) is 16.3. The van der Waals surface area contributed by atoms with Crippen molar-refractivity contribution < 1.29 is 54.0 Å². The zero-order chi connectivity index (χ0) is 48.0. The van der Waals surface area contributed by atoms with Crippen molar-refractivity contribution in [3.8, 4) is 22.6 Å². The molecule has 19 heteroatoms. The smallest absolute Gasteiger partial charge is 0.326 e. The topological polar surface area (TPSA) is 307 Å². The summed E-state index contributed by atoms with van der Waals surface area (Å²) in [4.78, 5) is 96.5. The van der Waals surface area contributed by atoms with Crippen molar-refractivity contribution in [3.63, 3.8) is 0 Å². The third-order valence-corrected chi connectivity index (χ3v) is 11.4. The number of aryl methyl sites for hydroxylation is 1. The molecule has 0 spiro atoms.